The summed E-state index contributed by atoms with van der Waals surface area (Å²) in [5.41, 5.74) is 0. The topological polar surface area (TPSA) is 57.2 Å². The van der Waals surface area contributed by atoms with Crippen LogP contribution >= 0.6 is 0 Å². The lowest BCUT2D eigenvalue weighted by molar-refractivity contribution is -0.441. The minimum Gasteiger partial charge on any atom is -0.346 e. The van der Waals surface area contributed by atoms with Crippen molar-refractivity contribution >= 4 is 0 Å². The van der Waals surface area contributed by atoms with Gasteiger partial charge < -0.3 is 24.1 Å². The monoisotopic (exact) mass is 250 g/mol. The zero-order chi connectivity index (χ0) is 13.1. The number of aliphatic hydroxyl groups is 1. The Morgan fingerprint density at radius 3 is 1.94 bits per heavy atom. The van der Waals surface area contributed by atoms with E-state index < -0.39 is 12.3 Å². The van der Waals surface area contributed by atoms with Crippen molar-refractivity contribution in [3.05, 3.63) is 0 Å². The molecule has 0 heterocycles. The highest BCUT2D eigenvalue weighted by Gasteiger charge is 2.41. The second kappa shape index (κ2) is 9.79. The first-order valence-corrected chi connectivity index (χ1v) is 6.38. The van der Waals surface area contributed by atoms with Gasteiger partial charge in [-0.3, -0.25) is 0 Å². The SMILES string of the molecule is CCCCOC(O)(OCC)C(OCC)OCC. The molecule has 0 fully saturated rings. The van der Waals surface area contributed by atoms with Gasteiger partial charge in [0, 0.05) is 19.8 Å². The summed E-state index contributed by atoms with van der Waals surface area (Å²) < 4.78 is 21.2. The lowest BCUT2D eigenvalue weighted by Gasteiger charge is -2.33. The van der Waals surface area contributed by atoms with Crippen molar-refractivity contribution in [2.45, 2.75) is 52.8 Å². The van der Waals surface area contributed by atoms with Gasteiger partial charge in [-0.1, -0.05) is 13.3 Å². The predicted octanol–water partition coefficient (Wildman–Crippen LogP) is 1.88. The van der Waals surface area contributed by atoms with Gasteiger partial charge in [0.25, 0.3) is 0 Å². The Morgan fingerprint density at radius 2 is 1.53 bits per heavy atom. The van der Waals surface area contributed by atoms with Crippen molar-refractivity contribution in [3.8, 4) is 0 Å². The summed E-state index contributed by atoms with van der Waals surface area (Å²) in [4.78, 5) is 0. The molecule has 0 radical (unpaired) electrons. The number of hydrogen-bond acceptors (Lipinski definition) is 5. The van der Waals surface area contributed by atoms with E-state index in [4.69, 9.17) is 18.9 Å². The number of hydrogen-bond donors (Lipinski definition) is 1. The molecular formula is C12H26O5. The Bertz CT molecular complexity index is 170. The molecule has 0 aromatic heterocycles. The summed E-state index contributed by atoms with van der Waals surface area (Å²) in [5.74, 6) is -1.82. The highest BCUT2D eigenvalue weighted by Crippen LogP contribution is 2.20. The largest absolute Gasteiger partial charge is 0.346 e. The van der Waals surface area contributed by atoms with Crippen molar-refractivity contribution < 1.29 is 24.1 Å². The number of ether oxygens (including phenoxy) is 4. The molecule has 0 spiro atoms. The predicted molar refractivity (Wildman–Crippen MR) is 64.5 cm³/mol. The second-order valence-corrected chi connectivity index (χ2v) is 3.51. The van der Waals surface area contributed by atoms with E-state index >= 15 is 0 Å². The first kappa shape index (κ1) is 16.8. The molecule has 104 valence electrons. The van der Waals surface area contributed by atoms with Crippen molar-refractivity contribution in [2.24, 2.45) is 0 Å². The van der Waals surface area contributed by atoms with Crippen LogP contribution in [0.1, 0.15) is 40.5 Å². The summed E-state index contributed by atoms with van der Waals surface area (Å²) in [5, 5.41) is 10.3. The van der Waals surface area contributed by atoms with E-state index in [1.165, 1.54) is 0 Å². The van der Waals surface area contributed by atoms with Crippen molar-refractivity contribution in [1.29, 1.82) is 0 Å². The van der Waals surface area contributed by atoms with E-state index in [2.05, 4.69) is 0 Å². The Balaban J connectivity index is 4.47. The second-order valence-electron chi connectivity index (χ2n) is 3.51. The first-order valence-electron chi connectivity index (χ1n) is 6.38. The summed E-state index contributed by atoms with van der Waals surface area (Å²) >= 11 is 0. The molecule has 0 bridgehead atoms. The molecule has 1 atom stereocenters. The van der Waals surface area contributed by atoms with Crippen LogP contribution in [0.5, 0.6) is 0 Å². The Morgan fingerprint density at radius 1 is 0.941 bits per heavy atom. The quantitative estimate of drug-likeness (QED) is 0.448. The van der Waals surface area contributed by atoms with Gasteiger partial charge in [0.1, 0.15) is 0 Å². The zero-order valence-electron chi connectivity index (χ0n) is 11.4. The van der Waals surface area contributed by atoms with E-state index in [0.717, 1.165) is 12.8 Å². The van der Waals surface area contributed by atoms with Crippen LogP contribution in [0, 0.1) is 0 Å². The lowest BCUT2D eigenvalue weighted by Crippen LogP contribution is -2.50. The van der Waals surface area contributed by atoms with E-state index in [1.807, 2.05) is 20.8 Å². The van der Waals surface area contributed by atoms with Gasteiger partial charge in [-0.2, -0.15) is 0 Å². The third kappa shape index (κ3) is 6.33. The van der Waals surface area contributed by atoms with E-state index in [0.29, 0.717) is 26.4 Å². The first-order chi connectivity index (χ1) is 8.14. The van der Waals surface area contributed by atoms with Gasteiger partial charge in [0.05, 0.1) is 6.61 Å². The van der Waals surface area contributed by atoms with Gasteiger partial charge in [0.15, 0.2) is 0 Å². The highest BCUT2D eigenvalue weighted by molar-refractivity contribution is 4.61. The molecule has 0 saturated heterocycles. The summed E-state index contributed by atoms with van der Waals surface area (Å²) in [6, 6.07) is 0. The Kier molecular flexibility index (Phi) is 9.68. The summed E-state index contributed by atoms with van der Waals surface area (Å²) in [6.07, 6.45) is 0.908. The van der Waals surface area contributed by atoms with Gasteiger partial charge in [-0.15, -0.1) is 0 Å². The van der Waals surface area contributed by atoms with Crippen molar-refractivity contribution in [3.63, 3.8) is 0 Å². The van der Waals surface area contributed by atoms with Crippen LogP contribution in [-0.2, 0) is 18.9 Å². The summed E-state index contributed by atoms with van der Waals surface area (Å²) in [7, 11) is 0. The molecule has 1 N–H and O–H groups in total. The smallest absolute Gasteiger partial charge is 0.334 e. The normalized spacial score (nSPS) is 15.2. The molecule has 0 amide bonds. The van der Waals surface area contributed by atoms with Gasteiger partial charge in [0.2, 0.25) is 6.29 Å². The molecule has 1 unspecified atom stereocenters. The Labute approximate surface area is 104 Å². The minimum absolute atomic E-state index is 0.319. The molecule has 5 nitrogen and oxygen atoms in total. The molecule has 5 heteroatoms. The average molecular weight is 250 g/mol. The number of rotatable bonds is 11. The fourth-order valence-corrected chi connectivity index (χ4v) is 1.31. The van der Waals surface area contributed by atoms with Crippen LogP contribution in [0.2, 0.25) is 0 Å². The third-order valence-electron chi connectivity index (χ3n) is 2.09. The van der Waals surface area contributed by atoms with Crippen molar-refractivity contribution in [1.82, 2.24) is 0 Å². The standard InChI is InChI=1S/C12H26O5/c1-5-9-10-17-12(13,16-8-4)11(14-6-2)15-7-3/h11,13H,5-10H2,1-4H3. The van der Waals surface area contributed by atoms with Gasteiger partial charge in [-0.05, 0) is 27.2 Å². The van der Waals surface area contributed by atoms with Gasteiger partial charge in [-0.25, -0.2) is 0 Å². The summed E-state index contributed by atoms with van der Waals surface area (Å²) in [6.45, 7) is 9.03. The van der Waals surface area contributed by atoms with Crippen LogP contribution in [-0.4, -0.2) is 43.8 Å². The molecule has 0 saturated carbocycles. The molecule has 0 aromatic rings. The zero-order valence-corrected chi connectivity index (χ0v) is 11.4. The number of unbranched alkanes of at least 4 members (excludes halogenated alkanes) is 1. The van der Waals surface area contributed by atoms with Crippen molar-refractivity contribution in [2.75, 3.05) is 26.4 Å². The van der Waals surface area contributed by atoms with Crippen LogP contribution in [0.3, 0.4) is 0 Å². The average Bonchev–Trinajstić information content (AvgIpc) is 2.29. The van der Waals surface area contributed by atoms with Crippen LogP contribution in [0.4, 0.5) is 0 Å². The minimum atomic E-state index is -1.82. The third-order valence-corrected chi connectivity index (χ3v) is 2.09. The van der Waals surface area contributed by atoms with E-state index in [9.17, 15) is 5.11 Å². The molecular weight excluding hydrogens is 224 g/mol. The lowest BCUT2D eigenvalue weighted by atomic mass is 10.3. The van der Waals surface area contributed by atoms with Crippen LogP contribution in [0.15, 0.2) is 0 Å². The molecule has 0 aliphatic heterocycles. The Hall–Kier alpha value is -0.200. The fraction of sp³-hybridized carbons (Fsp3) is 1.00. The molecule has 0 aliphatic carbocycles. The van der Waals surface area contributed by atoms with E-state index in [-0.39, 0.29) is 0 Å². The molecule has 0 aliphatic rings. The van der Waals surface area contributed by atoms with E-state index in [1.54, 1.807) is 6.92 Å². The van der Waals surface area contributed by atoms with Crippen LogP contribution < -0.4 is 0 Å². The maximum atomic E-state index is 10.3. The highest BCUT2D eigenvalue weighted by atomic mass is 16.9. The fourth-order valence-electron chi connectivity index (χ4n) is 1.31. The maximum absolute atomic E-state index is 10.3. The maximum Gasteiger partial charge on any atom is 0.334 e. The molecule has 0 aromatic carbocycles. The molecule has 17 heavy (non-hydrogen) atoms. The van der Waals surface area contributed by atoms with Gasteiger partial charge >= 0.3 is 5.97 Å². The molecule has 0 rings (SSSR count). The van der Waals surface area contributed by atoms with Crippen LogP contribution in [0.25, 0.3) is 0 Å².